The Morgan fingerprint density at radius 3 is 2.24 bits per heavy atom. The number of halogens is 8. The fraction of sp³-hybridized carbons (Fsp3) is 0.136. The highest BCUT2D eigenvalue weighted by molar-refractivity contribution is 5.98. The molecule has 1 aromatic carbocycles. The zero-order valence-electron chi connectivity index (χ0n) is 18.3. The van der Waals surface area contributed by atoms with Crippen molar-refractivity contribution < 1.29 is 59.0 Å². The van der Waals surface area contributed by atoms with Crippen molar-refractivity contribution in [3.05, 3.63) is 77.4 Å². The van der Waals surface area contributed by atoms with Crippen molar-refractivity contribution in [1.82, 2.24) is 15.3 Å². The average molecular weight is 549 g/mol. The normalized spacial score (nSPS) is 11.6. The van der Waals surface area contributed by atoms with Gasteiger partial charge in [-0.2, -0.15) is 13.2 Å². The number of ether oxygens (including phenoxy) is 2. The fourth-order valence-corrected chi connectivity index (χ4v) is 2.83. The van der Waals surface area contributed by atoms with Crippen molar-refractivity contribution in [2.45, 2.75) is 19.1 Å². The minimum Gasteiger partial charge on any atom is -0.403 e. The summed E-state index contributed by atoms with van der Waals surface area (Å²) in [7, 11) is 0. The maximum Gasteiger partial charge on any atom is 0.573 e. The van der Waals surface area contributed by atoms with Crippen LogP contribution in [0.4, 0.5) is 35.1 Å². The fourth-order valence-electron chi connectivity index (χ4n) is 2.83. The molecule has 0 saturated heterocycles. The Morgan fingerprint density at radius 1 is 0.921 bits per heavy atom. The van der Waals surface area contributed by atoms with Crippen LogP contribution < -0.4 is 10.1 Å². The Hall–Kier alpha value is -4.63. The SMILES string of the molecule is O=C(NCc1nccc(-c2ccc(OC(F)(F)F)c(F)c2)c1F)c1cccc(C(=O)OC(=O)C(F)(F)F)n1. The van der Waals surface area contributed by atoms with Gasteiger partial charge in [0.05, 0.1) is 12.2 Å². The Kier molecular flexibility index (Phi) is 7.93. The van der Waals surface area contributed by atoms with E-state index in [2.05, 4.69) is 24.8 Å². The second-order valence-corrected chi connectivity index (χ2v) is 7.08. The second kappa shape index (κ2) is 10.8. The monoisotopic (exact) mass is 549 g/mol. The van der Waals surface area contributed by atoms with Gasteiger partial charge in [-0.25, -0.2) is 23.4 Å². The van der Waals surface area contributed by atoms with Gasteiger partial charge in [0.1, 0.15) is 11.4 Å². The lowest BCUT2D eigenvalue weighted by Gasteiger charge is -2.12. The van der Waals surface area contributed by atoms with E-state index in [0.717, 1.165) is 36.5 Å². The molecule has 16 heteroatoms. The number of benzene rings is 1. The Bertz CT molecular complexity index is 1390. The lowest BCUT2D eigenvalue weighted by Crippen LogP contribution is -2.29. The number of carbonyl (C=O) groups is 3. The molecule has 1 amide bonds. The molecule has 2 heterocycles. The first-order valence-corrected chi connectivity index (χ1v) is 9.93. The van der Waals surface area contributed by atoms with E-state index in [1.165, 1.54) is 0 Å². The Morgan fingerprint density at radius 2 is 1.61 bits per heavy atom. The first kappa shape index (κ1) is 27.9. The van der Waals surface area contributed by atoms with Crippen LogP contribution in [-0.2, 0) is 16.1 Å². The quantitative estimate of drug-likeness (QED) is 0.274. The standard InChI is InChI=1S/C22H11F8N3O5/c23-12-8-10(4-5-16(12)38-22(28,29)30)11-6-7-31-15(17(11)24)9-32-18(34)13-2-1-3-14(33-13)19(35)37-20(36)21(25,26)27/h1-8H,9H2,(H,32,34). The summed E-state index contributed by atoms with van der Waals surface area (Å²) in [6, 6.07) is 6.27. The summed E-state index contributed by atoms with van der Waals surface area (Å²) in [4.78, 5) is 42.1. The van der Waals surface area contributed by atoms with Gasteiger partial charge in [0, 0.05) is 11.8 Å². The molecule has 0 atom stereocenters. The number of carbonyl (C=O) groups excluding carboxylic acids is 3. The molecule has 0 spiro atoms. The number of alkyl halides is 6. The molecule has 0 aliphatic carbocycles. The molecule has 0 fully saturated rings. The summed E-state index contributed by atoms with van der Waals surface area (Å²) in [6.45, 7) is -0.598. The molecule has 8 nitrogen and oxygen atoms in total. The first-order valence-electron chi connectivity index (χ1n) is 9.93. The van der Waals surface area contributed by atoms with Crippen LogP contribution >= 0.6 is 0 Å². The number of rotatable bonds is 6. The smallest absolute Gasteiger partial charge is 0.403 e. The predicted octanol–water partition coefficient (Wildman–Crippen LogP) is 4.50. The molecule has 0 radical (unpaired) electrons. The molecule has 0 bridgehead atoms. The maximum absolute atomic E-state index is 15.0. The van der Waals surface area contributed by atoms with Gasteiger partial charge in [0.25, 0.3) is 5.91 Å². The molecule has 38 heavy (non-hydrogen) atoms. The summed E-state index contributed by atoms with van der Waals surface area (Å²) in [5.74, 6) is -9.22. The molecule has 0 unspecified atom stereocenters. The van der Waals surface area contributed by atoms with E-state index >= 15 is 0 Å². The minimum absolute atomic E-state index is 0.175. The largest absolute Gasteiger partial charge is 0.573 e. The van der Waals surface area contributed by atoms with Crippen LogP contribution in [0.2, 0.25) is 0 Å². The molecule has 1 N–H and O–H groups in total. The topological polar surface area (TPSA) is 107 Å². The van der Waals surface area contributed by atoms with Gasteiger partial charge in [-0.15, -0.1) is 13.2 Å². The highest BCUT2D eigenvalue weighted by Gasteiger charge is 2.42. The number of hydrogen-bond donors (Lipinski definition) is 1. The van der Waals surface area contributed by atoms with Crippen LogP contribution in [-0.4, -0.2) is 40.4 Å². The number of nitrogens with one attached hydrogen (secondary N) is 1. The predicted molar refractivity (Wildman–Crippen MR) is 108 cm³/mol. The summed E-state index contributed by atoms with van der Waals surface area (Å²) in [6.07, 6.45) is -9.52. The van der Waals surface area contributed by atoms with Gasteiger partial charge >= 0.3 is 24.5 Å². The first-order chi connectivity index (χ1) is 17.7. The molecule has 2 aromatic heterocycles. The zero-order valence-corrected chi connectivity index (χ0v) is 18.3. The maximum atomic E-state index is 15.0. The molecule has 0 aliphatic heterocycles. The highest BCUT2D eigenvalue weighted by atomic mass is 19.4. The molecule has 200 valence electrons. The van der Waals surface area contributed by atoms with Crippen LogP contribution in [0.5, 0.6) is 5.75 Å². The Balaban J connectivity index is 1.73. The third kappa shape index (κ3) is 6.98. The molecule has 0 saturated carbocycles. The third-order valence-electron chi connectivity index (χ3n) is 4.45. The van der Waals surface area contributed by atoms with E-state index in [1.807, 2.05) is 0 Å². The number of pyridine rings is 2. The summed E-state index contributed by atoms with van der Waals surface area (Å²) < 4.78 is 110. The number of amides is 1. The van der Waals surface area contributed by atoms with Gasteiger partial charge in [-0.3, -0.25) is 9.78 Å². The van der Waals surface area contributed by atoms with Gasteiger partial charge in [0.15, 0.2) is 17.4 Å². The second-order valence-electron chi connectivity index (χ2n) is 7.08. The van der Waals surface area contributed by atoms with Crippen molar-refractivity contribution in [3.63, 3.8) is 0 Å². The van der Waals surface area contributed by atoms with Crippen LogP contribution in [0, 0.1) is 11.6 Å². The van der Waals surface area contributed by atoms with Crippen LogP contribution in [0.1, 0.15) is 26.7 Å². The minimum atomic E-state index is -5.44. The Labute approximate surface area is 206 Å². The zero-order chi connectivity index (χ0) is 28.3. The van der Waals surface area contributed by atoms with Crippen LogP contribution in [0.15, 0.2) is 48.7 Å². The van der Waals surface area contributed by atoms with E-state index in [-0.39, 0.29) is 11.1 Å². The van der Waals surface area contributed by atoms with Gasteiger partial charge < -0.3 is 14.8 Å². The summed E-state index contributed by atoms with van der Waals surface area (Å²) in [5, 5.41) is 2.19. The lowest BCUT2D eigenvalue weighted by atomic mass is 10.0. The average Bonchev–Trinajstić information content (AvgIpc) is 2.83. The highest BCUT2D eigenvalue weighted by Crippen LogP contribution is 2.31. The van der Waals surface area contributed by atoms with E-state index in [4.69, 9.17) is 0 Å². The van der Waals surface area contributed by atoms with Crippen LogP contribution in [0.25, 0.3) is 11.1 Å². The molecule has 0 aliphatic rings. The van der Waals surface area contributed by atoms with E-state index < -0.39 is 71.4 Å². The number of esters is 2. The van der Waals surface area contributed by atoms with E-state index in [1.54, 1.807) is 0 Å². The van der Waals surface area contributed by atoms with Gasteiger partial charge in [-0.1, -0.05) is 12.1 Å². The molecule has 3 aromatic rings. The van der Waals surface area contributed by atoms with Crippen molar-refractivity contribution in [3.8, 4) is 16.9 Å². The van der Waals surface area contributed by atoms with Crippen molar-refractivity contribution in [2.75, 3.05) is 0 Å². The van der Waals surface area contributed by atoms with E-state index in [0.29, 0.717) is 12.1 Å². The lowest BCUT2D eigenvalue weighted by molar-refractivity contribution is -0.275. The number of nitrogens with zero attached hydrogens (tertiary/aromatic N) is 2. The summed E-state index contributed by atoms with van der Waals surface area (Å²) in [5.41, 5.74) is -2.16. The van der Waals surface area contributed by atoms with Crippen LogP contribution in [0.3, 0.4) is 0 Å². The number of hydrogen-bond acceptors (Lipinski definition) is 7. The van der Waals surface area contributed by atoms with E-state index in [9.17, 15) is 49.5 Å². The van der Waals surface area contributed by atoms with Gasteiger partial charge in [0.2, 0.25) is 0 Å². The third-order valence-corrected chi connectivity index (χ3v) is 4.45. The molecule has 3 rings (SSSR count). The summed E-state index contributed by atoms with van der Waals surface area (Å²) >= 11 is 0. The van der Waals surface area contributed by atoms with Crippen molar-refractivity contribution >= 4 is 17.8 Å². The van der Waals surface area contributed by atoms with Crippen molar-refractivity contribution in [1.29, 1.82) is 0 Å². The molecular weight excluding hydrogens is 538 g/mol. The molecular formula is C22H11F8N3O5. The number of aromatic nitrogens is 2. The van der Waals surface area contributed by atoms with Crippen molar-refractivity contribution in [2.24, 2.45) is 0 Å². The van der Waals surface area contributed by atoms with Gasteiger partial charge in [-0.05, 0) is 35.9 Å².